The zero-order valence-electron chi connectivity index (χ0n) is 14.4. The summed E-state index contributed by atoms with van der Waals surface area (Å²) in [5.74, 6) is -2.46. The molecule has 0 spiro atoms. The first-order valence-electron chi connectivity index (χ1n) is 8.17. The number of carbonyl (C=O) groups is 3. The molecule has 10 heteroatoms. The fourth-order valence-electron chi connectivity index (χ4n) is 2.53. The van der Waals surface area contributed by atoms with Gasteiger partial charge in [0.1, 0.15) is 16.3 Å². The van der Waals surface area contributed by atoms with Crippen molar-refractivity contribution >= 4 is 33.5 Å². The minimum atomic E-state index is -1.12. The Balaban J connectivity index is 1.88. The fraction of sp³-hybridized carbons (Fsp3) is 0.111. The van der Waals surface area contributed by atoms with Crippen molar-refractivity contribution in [1.29, 1.82) is 0 Å². The molecule has 0 aliphatic carbocycles. The van der Waals surface area contributed by atoms with E-state index in [1.807, 2.05) is 6.07 Å². The summed E-state index contributed by atoms with van der Waals surface area (Å²) in [5, 5.41) is 6.70. The summed E-state index contributed by atoms with van der Waals surface area (Å²) in [6.45, 7) is 0. The lowest BCUT2D eigenvalue weighted by atomic mass is 10.0. The number of rotatable bonds is 7. The van der Waals surface area contributed by atoms with Gasteiger partial charge in [0.15, 0.2) is 0 Å². The molecule has 0 saturated carbocycles. The molecule has 0 saturated heterocycles. The number of nitrogens with two attached hydrogens (primary N) is 1. The average molecular weight is 443 g/mol. The first-order valence-corrected chi connectivity index (χ1v) is 8.96. The quantitative estimate of drug-likeness (QED) is 0.520. The smallest absolute Gasteiger partial charge is 0.287 e. The summed E-state index contributed by atoms with van der Waals surface area (Å²) >= 11 is 3.21. The molecular formula is C18H15BrN6O3. The predicted molar refractivity (Wildman–Crippen MR) is 102 cm³/mol. The van der Waals surface area contributed by atoms with Crippen LogP contribution in [0.25, 0.3) is 5.95 Å². The van der Waals surface area contributed by atoms with Crippen LogP contribution in [0.2, 0.25) is 0 Å². The Hall–Kier alpha value is -3.40. The Labute approximate surface area is 168 Å². The number of nitrogens with one attached hydrogen (secondary N) is 1. The van der Waals surface area contributed by atoms with Crippen molar-refractivity contribution < 1.29 is 14.4 Å². The number of ketones is 1. The SMILES string of the molecule is NC(=O)C(=O)C(Cc1ccccc1)NC(=O)c1cc(Br)nn1-c1ncccn1. The van der Waals surface area contributed by atoms with Crippen molar-refractivity contribution in [2.24, 2.45) is 5.73 Å². The van der Waals surface area contributed by atoms with Gasteiger partial charge in [0.25, 0.3) is 17.8 Å². The highest BCUT2D eigenvalue weighted by Gasteiger charge is 2.27. The Kier molecular flexibility index (Phi) is 5.90. The van der Waals surface area contributed by atoms with Gasteiger partial charge in [-0.1, -0.05) is 30.3 Å². The van der Waals surface area contributed by atoms with Gasteiger partial charge in [-0.2, -0.15) is 9.78 Å². The number of hydrogen-bond acceptors (Lipinski definition) is 6. The second-order valence-corrected chi connectivity index (χ2v) is 6.57. The van der Waals surface area contributed by atoms with E-state index in [0.29, 0.717) is 4.60 Å². The molecule has 1 aromatic carbocycles. The van der Waals surface area contributed by atoms with Crippen LogP contribution in [0, 0.1) is 0 Å². The lowest BCUT2D eigenvalue weighted by molar-refractivity contribution is -0.137. The largest absolute Gasteiger partial charge is 0.363 e. The molecule has 0 fully saturated rings. The van der Waals surface area contributed by atoms with Crippen LogP contribution in [0.1, 0.15) is 16.1 Å². The van der Waals surface area contributed by atoms with Crippen molar-refractivity contribution in [2.75, 3.05) is 0 Å². The third-order valence-electron chi connectivity index (χ3n) is 3.80. The van der Waals surface area contributed by atoms with Gasteiger partial charge in [-0.25, -0.2) is 9.97 Å². The summed E-state index contributed by atoms with van der Waals surface area (Å²) in [6.07, 6.45) is 3.13. The van der Waals surface area contributed by atoms with Gasteiger partial charge in [0, 0.05) is 24.9 Å². The molecule has 1 unspecified atom stereocenters. The van der Waals surface area contributed by atoms with Crippen LogP contribution in [-0.2, 0) is 16.0 Å². The van der Waals surface area contributed by atoms with Crippen LogP contribution in [0.4, 0.5) is 0 Å². The number of benzene rings is 1. The molecule has 2 aromatic heterocycles. The van der Waals surface area contributed by atoms with Gasteiger partial charge in [0.2, 0.25) is 5.78 Å². The van der Waals surface area contributed by atoms with E-state index in [9.17, 15) is 14.4 Å². The highest BCUT2D eigenvalue weighted by atomic mass is 79.9. The zero-order chi connectivity index (χ0) is 20.1. The number of hydrogen-bond donors (Lipinski definition) is 2. The molecule has 28 heavy (non-hydrogen) atoms. The maximum absolute atomic E-state index is 12.8. The third-order valence-corrected chi connectivity index (χ3v) is 4.19. The molecule has 142 valence electrons. The van der Waals surface area contributed by atoms with Crippen molar-refractivity contribution in [3.8, 4) is 5.95 Å². The highest BCUT2D eigenvalue weighted by molar-refractivity contribution is 9.10. The lowest BCUT2D eigenvalue weighted by Crippen LogP contribution is -2.47. The van der Waals surface area contributed by atoms with Crippen LogP contribution in [0.15, 0.2) is 59.5 Å². The second-order valence-electron chi connectivity index (χ2n) is 5.76. The van der Waals surface area contributed by atoms with Crippen LogP contribution in [0.3, 0.4) is 0 Å². The average Bonchev–Trinajstić information content (AvgIpc) is 3.10. The Bertz CT molecular complexity index is 1010. The maximum atomic E-state index is 12.8. The van der Waals surface area contributed by atoms with E-state index in [4.69, 9.17) is 5.73 Å². The molecule has 9 nitrogen and oxygen atoms in total. The molecule has 0 aliphatic heterocycles. The van der Waals surface area contributed by atoms with E-state index in [2.05, 4.69) is 36.3 Å². The summed E-state index contributed by atoms with van der Waals surface area (Å²) in [6, 6.07) is 10.9. The molecule has 1 atom stereocenters. The fourth-order valence-corrected chi connectivity index (χ4v) is 2.91. The van der Waals surface area contributed by atoms with Gasteiger partial charge < -0.3 is 11.1 Å². The predicted octanol–water partition coefficient (Wildman–Crippen LogP) is 0.820. The van der Waals surface area contributed by atoms with E-state index < -0.39 is 23.6 Å². The van der Waals surface area contributed by atoms with E-state index >= 15 is 0 Å². The number of amides is 2. The first-order chi connectivity index (χ1) is 13.5. The van der Waals surface area contributed by atoms with Gasteiger partial charge in [0.05, 0.1) is 0 Å². The topological polar surface area (TPSA) is 133 Å². The molecule has 0 aliphatic rings. The molecule has 2 heterocycles. The summed E-state index contributed by atoms with van der Waals surface area (Å²) in [7, 11) is 0. The lowest BCUT2D eigenvalue weighted by Gasteiger charge is -2.16. The van der Waals surface area contributed by atoms with Crippen molar-refractivity contribution in [2.45, 2.75) is 12.5 Å². The minimum Gasteiger partial charge on any atom is -0.363 e. The number of carbonyl (C=O) groups excluding carboxylic acids is 3. The first kappa shape index (κ1) is 19.4. The summed E-state index contributed by atoms with van der Waals surface area (Å²) in [5.41, 5.74) is 6.00. The number of nitrogens with zero attached hydrogens (tertiary/aromatic N) is 4. The normalized spacial score (nSPS) is 11.6. The van der Waals surface area contributed by atoms with Crippen molar-refractivity contribution in [1.82, 2.24) is 25.1 Å². The third kappa shape index (κ3) is 4.46. The Morgan fingerprint density at radius 2 is 1.79 bits per heavy atom. The number of halogens is 1. The maximum Gasteiger partial charge on any atom is 0.287 e. The van der Waals surface area contributed by atoms with Crippen LogP contribution in [-0.4, -0.2) is 43.4 Å². The minimum absolute atomic E-state index is 0.0911. The van der Waals surface area contributed by atoms with Crippen LogP contribution < -0.4 is 11.1 Å². The molecule has 3 aromatic rings. The van der Waals surface area contributed by atoms with Gasteiger partial charge in [-0.15, -0.1) is 0 Å². The molecule has 2 amide bonds. The van der Waals surface area contributed by atoms with Crippen molar-refractivity contribution in [3.05, 3.63) is 70.7 Å². The standard InChI is InChI=1S/C18H15BrN6O3/c19-14-10-13(25(24-14)18-21-7-4-8-22-18)17(28)23-12(15(26)16(20)27)9-11-5-2-1-3-6-11/h1-8,10,12H,9H2,(H2,20,27)(H,23,28). The van der Waals surface area contributed by atoms with Gasteiger partial charge in [-0.3, -0.25) is 14.4 Å². The van der Waals surface area contributed by atoms with Crippen LogP contribution >= 0.6 is 15.9 Å². The number of aromatic nitrogens is 4. The van der Waals surface area contributed by atoms with E-state index in [0.717, 1.165) is 5.56 Å². The van der Waals surface area contributed by atoms with E-state index in [1.165, 1.54) is 23.1 Å². The highest BCUT2D eigenvalue weighted by Crippen LogP contribution is 2.14. The van der Waals surface area contributed by atoms with E-state index in [-0.39, 0.29) is 18.1 Å². The zero-order valence-corrected chi connectivity index (χ0v) is 16.0. The molecule has 0 radical (unpaired) electrons. The van der Waals surface area contributed by atoms with E-state index in [1.54, 1.807) is 30.3 Å². The molecule has 3 N–H and O–H groups in total. The Morgan fingerprint density at radius 3 is 2.43 bits per heavy atom. The van der Waals surface area contributed by atoms with Gasteiger partial charge in [-0.05, 0) is 27.6 Å². The Morgan fingerprint density at radius 1 is 1.11 bits per heavy atom. The number of primary amides is 1. The second kappa shape index (κ2) is 8.53. The van der Waals surface area contributed by atoms with Crippen molar-refractivity contribution in [3.63, 3.8) is 0 Å². The summed E-state index contributed by atoms with van der Waals surface area (Å²) in [4.78, 5) is 44.6. The molecule has 3 rings (SSSR count). The van der Waals surface area contributed by atoms with Gasteiger partial charge >= 0.3 is 0 Å². The monoisotopic (exact) mass is 442 g/mol. The summed E-state index contributed by atoms with van der Waals surface area (Å²) < 4.78 is 1.61. The number of Topliss-reactive ketones (excluding diaryl/α,β-unsaturated/α-hetero) is 1. The molecular weight excluding hydrogens is 428 g/mol. The van der Waals surface area contributed by atoms with Crippen LogP contribution in [0.5, 0.6) is 0 Å². The molecule has 0 bridgehead atoms.